The molecule has 2 unspecified atom stereocenters. The van der Waals surface area contributed by atoms with Crippen LogP contribution in [0.1, 0.15) is 66.8 Å². The summed E-state index contributed by atoms with van der Waals surface area (Å²) in [5.41, 5.74) is 2.19. The van der Waals surface area contributed by atoms with E-state index in [0.29, 0.717) is 51.4 Å². The Bertz CT molecular complexity index is 2050. The molecule has 15 heteroatoms. The second kappa shape index (κ2) is 13.2. The number of likely N-dealkylation sites (tertiary alicyclic amines) is 2. The molecule has 0 spiro atoms. The topological polar surface area (TPSA) is 113 Å². The fourth-order valence-corrected chi connectivity index (χ4v) is 10.5. The Hall–Kier alpha value is -3.66. The van der Waals surface area contributed by atoms with E-state index in [1.165, 1.54) is 19.0 Å². The third-order valence-corrected chi connectivity index (χ3v) is 14.2. The average Bonchev–Trinajstić information content (AvgIpc) is 3.47. The molecule has 0 radical (unpaired) electrons. The average molecular weight is 772 g/mol. The molecule has 2 aliphatic carbocycles. The maximum atomic E-state index is 14.8. The zero-order chi connectivity index (χ0) is 38.3. The number of methoxy groups -OCH3 is 1. The highest BCUT2D eigenvalue weighted by Crippen LogP contribution is 2.59. The Morgan fingerprint density at radius 3 is 2.19 bits per heavy atom. The summed E-state index contributed by atoms with van der Waals surface area (Å²) in [7, 11) is 0.261. The maximum absolute atomic E-state index is 14.8. The van der Waals surface area contributed by atoms with Gasteiger partial charge in [0.25, 0.3) is 5.91 Å². The highest BCUT2D eigenvalue weighted by molar-refractivity contribution is 7.87. The molecule has 5 aliphatic rings. The normalized spacial score (nSPS) is 25.6. The van der Waals surface area contributed by atoms with Crippen molar-refractivity contribution in [3.63, 3.8) is 0 Å². The molecule has 2 atom stereocenters. The number of aromatic nitrogens is 1. The zero-order valence-corrected chi connectivity index (χ0v) is 31.8. The molecule has 11 nitrogen and oxygen atoms in total. The first-order valence-corrected chi connectivity index (χ1v) is 20.2. The predicted molar refractivity (Wildman–Crippen MR) is 196 cm³/mol. The summed E-state index contributed by atoms with van der Waals surface area (Å²) in [4.78, 5) is 31.6. The van der Waals surface area contributed by atoms with Crippen LogP contribution in [-0.4, -0.2) is 112 Å². The van der Waals surface area contributed by atoms with Crippen molar-refractivity contribution >= 4 is 32.9 Å². The van der Waals surface area contributed by atoms with Gasteiger partial charge in [-0.3, -0.25) is 14.5 Å². The van der Waals surface area contributed by atoms with Crippen molar-refractivity contribution in [2.75, 3.05) is 67.1 Å². The van der Waals surface area contributed by atoms with Gasteiger partial charge >= 0.3 is 16.4 Å². The van der Waals surface area contributed by atoms with Gasteiger partial charge in [-0.05, 0) is 79.1 Å². The number of nitrogens with zero attached hydrogens (tertiary/aromatic N) is 4. The minimum absolute atomic E-state index is 0.00708. The van der Waals surface area contributed by atoms with Crippen LogP contribution in [0.25, 0.3) is 22.2 Å². The summed E-state index contributed by atoms with van der Waals surface area (Å²) in [5, 5.41) is 0.966. The molecule has 292 valence electrons. The van der Waals surface area contributed by atoms with E-state index >= 15 is 0 Å². The summed E-state index contributed by atoms with van der Waals surface area (Å²) in [6, 6.07) is 13.2. The van der Waals surface area contributed by atoms with Crippen LogP contribution in [0.5, 0.6) is 5.75 Å². The van der Waals surface area contributed by atoms with Crippen LogP contribution >= 0.6 is 0 Å². The molecule has 2 amide bonds. The monoisotopic (exact) mass is 771 g/mol. The number of halogens is 3. The quantitative estimate of drug-likeness (QED) is 0.294. The van der Waals surface area contributed by atoms with Gasteiger partial charge in [-0.25, -0.2) is 4.72 Å². The number of carbonyl (C=O) groups is 2. The second-order valence-electron chi connectivity index (χ2n) is 16.6. The number of hydrogen-bond acceptors (Lipinski definition) is 7. The largest absolute Gasteiger partial charge is 0.497 e. The highest BCUT2D eigenvalue weighted by atomic mass is 32.2. The van der Waals surface area contributed by atoms with Crippen LogP contribution in [0.3, 0.4) is 0 Å². The number of amides is 2. The van der Waals surface area contributed by atoms with Crippen molar-refractivity contribution in [1.29, 1.82) is 0 Å². The van der Waals surface area contributed by atoms with E-state index in [2.05, 4.69) is 9.29 Å². The van der Waals surface area contributed by atoms with Crippen molar-refractivity contribution in [3.05, 3.63) is 53.6 Å². The fraction of sp³-hybridized carbons (Fsp3) is 0.590. The Balaban J connectivity index is 1.20. The number of hydrogen-bond donors (Lipinski definition) is 1. The number of rotatable bonds is 10. The number of alkyl halides is 3. The van der Waals surface area contributed by atoms with Gasteiger partial charge in [0.2, 0.25) is 5.91 Å². The maximum Gasteiger partial charge on any atom is 0.401 e. The summed E-state index contributed by atoms with van der Waals surface area (Å²) in [6.07, 6.45) is 2.35. The molecular formula is C39H48F3N5O6S. The Morgan fingerprint density at radius 2 is 1.61 bits per heavy atom. The SMILES string of the molecule is COc1ccc(-c2c(C3CCCCC3)c3ccc(C(=O)NS(=O)(=O)N(C)C)cc3n2CC2(C(=O)N3CC45COCC4(CN(CC(F)(F)F)C5)C3)CC2)cc1. The van der Waals surface area contributed by atoms with Crippen LogP contribution in [-0.2, 0) is 26.3 Å². The first kappa shape index (κ1) is 37.3. The number of nitrogens with one attached hydrogen (secondary N) is 1. The Morgan fingerprint density at radius 1 is 0.963 bits per heavy atom. The molecule has 0 bridgehead atoms. The summed E-state index contributed by atoms with van der Waals surface area (Å²) >= 11 is 0. The van der Waals surface area contributed by atoms with E-state index < -0.39 is 45.1 Å². The standard InChI is InChI=1S/C39H48F3N5O6S/c1-44(2)54(50,51)43-34(48)28-11-14-30-31(17-28)47(33(27-9-12-29(52-3)13-10-27)32(30)26-7-5-4-6-8-26)18-36(15-16-36)35(49)46-21-37-19-45(23-39(40,41)42)20-38(37,22-46)25-53-24-37/h9-14,17,26H,4-8,15-16,18-25H2,1-3H3,(H,43,48). The van der Waals surface area contributed by atoms with Crippen molar-refractivity contribution in [1.82, 2.24) is 23.4 Å². The van der Waals surface area contributed by atoms with Gasteiger partial charge in [0.1, 0.15) is 5.75 Å². The number of ether oxygens (including phenoxy) is 2. The number of carbonyl (C=O) groups excluding carboxylic acids is 2. The molecule has 3 aromatic rings. The van der Waals surface area contributed by atoms with Crippen LogP contribution in [0, 0.1) is 16.2 Å². The van der Waals surface area contributed by atoms with Gasteiger partial charge < -0.3 is 18.9 Å². The molecule has 8 rings (SSSR count). The predicted octanol–water partition coefficient (Wildman–Crippen LogP) is 5.40. The van der Waals surface area contributed by atoms with E-state index in [1.54, 1.807) is 19.2 Å². The van der Waals surface area contributed by atoms with E-state index in [1.807, 2.05) is 35.2 Å². The third-order valence-electron chi connectivity index (χ3n) is 12.8. The summed E-state index contributed by atoms with van der Waals surface area (Å²) in [6.45, 7) is 1.24. The van der Waals surface area contributed by atoms with Gasteiger partial charge in [0.05, 0.1) is 38.0 Å². The molecule has 2 saturated carbocycles. The molecule has 1 N–H and O–H groups in total. The molecule has 3 saturated heterocycles. The molecule has 4 heterocycles. The molecule has 54 heavy (non-hydrogen) atoms. The van der Waals surface area contributed by atoms with E-state index in [-0.39, 0.29) is 30.5 Å². The molecular weight excluding hydrogens is 724 g/mol. The smallest absolute Gasteiger partial charge is 0.401 e. The van der Waals surface area contributed by atoms with Crippen LogP contribution in [0.15, 0.2) is 42.5 Å². The van der Waals surface area contributed by atoms with Gasteiger partial charge in [-0.15, -0.1) is 0 Å². The van der Waals surface area contributed by atoms with Gasteiger partial charge in [0.15, 0.2) is 0 Å². The Labute approximate surface area is 313 Å². The summed E-state index contributed by atoms with van der Waals surface area (Å²) < 4.78 is 82.2. The van der Waals surface area contributed by atoms with Gasteiger partial charge in [-0.1, -0.05) is 25.3 Å². The van der Waals surface area contributed by atoms with Crippen LogP contribution in [0.4, 0.5) is 13.2 Å². The second-order valence-corrected chi connectivity index (χ2v) is 18.5. The highest BCUT2D eigenvalue weighted by Gasteiger charge is 2.68. The van der Waals surface area contributed by atoms with Crippen molar-refractivity contribution in [2.45, 2.75) is 63.6 Å². The lowest BCUT2D eigenvalue weighted by atomic mass is 9.71. The molecule has 3 aliphatic heterocycles. The van der Waals surface area contributed by atoms with Crippen molar-refractivity contribution in [3.8, 4) is 17.0 Å². The lowest BCUT2D eigenvalue weighted by molar-refractivity contribution is -0.148. The fourth-order valence-electron chi connectivity index (χ4n) is 9.95. The third kappa shape index (κ3) is 6.38. The van der Waals surface area contributed by atoms with Crippen LogP contribution < -0.4 is 9.46 Å². The van der Waals surface area contributed by atoms with Crippen molar-refractivity contribution < 1.29 is 40.7 Å². The first-order chi connectivity index (χ1) is 25.6. The lowest BCUT2D eigenvalue weighted by Crippen LogP contribution is -2.44. The van der Waals surface area contributed by atoms with E-state index in [9.17, 15) is 31.2 Å². The van der Waals surface area contributed by atoms with Gasteiger partial charge in [0, 0.05) is 74.1 Å². The number of benzene rings is 2. The van der Waals surface area contributed by atoms with Crippen LogP contribution in [0.2, 0.25) is 0 Å². The van der Waals surface area contributed by atoms with E-state index in [4.69, 9.17) is 9.47 Å². The zero-order valence-electron chi connectivity index (χ0n) is 31.0. The molecule has 2 aromatic carbocycles. The van der Waals surface area contributed by atoms with E-state index in [0.717, 1.165) is 64.1 Å². The first-order valence-electron chi connectivity index (χ1n) is 18.8. The minimum atomic E-state index is -4.30. The number of fused-ring (bicyclic) bond motifs is 1. The Kier molecular flexibility index (Phi) is 9.13. The summed E-state index contributed by atoms with van der Waals surface area (Å²) in [5.74, 6) is 0.204. The minimum Gasteiger partial charge on any atom is -0.497 e. The van der Waals surface area contributed by atoms with Crippen molar-refractivity contribution in [2.24, 2.45) is 16.2 Å². The van der Waals surface area contributed by atoms with Gasteiger partial charge in [-0.2, -0.15) is 25.9 Å². The lowest BCUT2D eigenvalue weighted by Gasteiger charge is -2.30. The molecule has 1 aromatic heterocycles. The molecule has 5 fully saturated rings.